The van der Waals surface area contributed by atoms with Crippen LogP contribution in [0.15, 0.2) is 12.1 Å². The summed E-state index contributed by atoms with van der Waals surface area (Å²) in [7, 11) is 1.41. The van der Waals surface area contributed by atoms with Crippen molar-refractivity contribution in [3.05, 3.63) is 27.7 Å². The van der Waals surface area contributed by atoms with Gasteiger partial charge < -0.3 is 9.84 Å². The van der Waals surface area contributed by atoms with Crippen molar-refractivity contribution in [2.75, 3.05) is 7.11 Å². The zero-order chi connectivity index (χ0) is 12.3. The number of halogens is 2. The van der Waals surface area contributed by atoms with E-state index in [1.165, 1.54) is 19.2 Å². The molecule has 0 heterocycles. The molecule has 0 spiro atoms. The molecule has 6 heteroatoms. The Morgan fingerprint density at radius 1 is 1.31 bits per heavy atom. The standard InChI is InChI=1S/C10H8Cl2O4/c1-16-9-3-6(11)5(2-7(9)12)8(13)4-10(14)15/h2-3H,4H2,1H3,(H,14,15). The molecule has 16 heavy (non-hydrogen) atoms. The van der Waals surface area contributed by atoms with Crippen LogP contribution in [0.1, 0.15) is 16.8 Å². The predicted molar refractivity (Wildman–Crippen MR) is 59.6 cm³/mol. The first-order chi connectivity index (χ1) is 7.45. The molecule has 0 bridgehead atoms. The molecular weight excluding hydrogens is 255 g/mol. The third kappa shape index (κ3) is 2.87. The molecule has 86 valence electrons. The second-order valence-corrected chi connectivity index (χ2v) is 3.77. The summed E-state index contributed by atoms with van der Waals surface area (Å²) in [6, 6.07) is 2.67. The number of carbonyl (C=O) groups excluding carboxylic acids is 1. The summed E-state index contributed by atoms with van der Waals surface area (Å²) in [6.45, 7) is 0. The van der Waals surface area contributed by atoms with Crippen molar-refractivity contribution in [3.8, 4) is 5.75 Å². The molecule has 0 aromatic heterocycles. The van der Waals surface area contributed by atoms with E-state index < -0.39 is 18.2 Å². The van der Waals surface area contributed by atoms with E-state index in [2.05, 4.69) is 0 Å². The van der Waals surface area contributed by atoms with Crippen LogP contribution in [0.3, 0.4) is 0 Å². The second kappa shape index (κ2) is 5.18. The zero-order valence-electron chi connectivity index (χ0n) is 8.29. The van der Waals surface area contributed by atoms with Gasteiger partial charge in [0.2, 0.25) is 0 Å². The number of carboxylic acid groups (broad SMARTS) is 1. The van der Waals surface area contributed by atoms with Crippen molar-refractivity contribution in [3.63, 3.8) is 0 Å². The van der Waals surface area contributed by atoms with Crippen LogP contribution >= 0.6 is 23.2 Å². The van der Waals surface area contributed by atoms with E-state index >= 15 is 0 Å². The SMILES string of the molecule is COc1cc(Cl)c(C(=O)CC(=O)O)cc1Cl. The fourth-order valence-electron chi connectivity index (χ4n) is 1.13. The number of carbonyl (C=O) groups is 2. The van der Waals surface area contributed by atoms with E-state index in [1.807, 2.05) is 0 Å². The number of ether oxygens (including phenoxy) is 1. The fraction of sp³-hybridized carbons (Fsp3) is 0.200. The molecule has 1 rings (SSSR count). The molecule has 0 atom stereocenters. The molecule has 0 aliphatic carbocycles. The zero-order valence-corrected chi connectivity index (χ0v) is 9.80. The third-order valence-corrected chi connectivity index (χ3v) is 2.46. The van der Waals surface area contributed by atoms with E-state index in [1.54, 1.807) is 0 Å². The highest BCUT2D eigenvalue weighted by molar-refractivity contribution is 6.37. The first-order valence-corrected chi connectivity index (χ1v) is 4.99. The van der Waals surface area contributed by atoms with Gasteiger partial charge in [0.25, 0.3) is 0 Å². The van der Waals surface area contributed by atoms with E-state index in [4.69, 9.17) is 33.0 Å². The highest BCUT2D eigenvalue weighted by Gasteiger charge is 2.16. The maximum absolute atomic E-state index is 11.5. The highest BCUT2D eigenvalue weighted by Crippen LogP contribution is 2.31. The van der Waals surface area contributed by atoms with Crippen LogP contribution in [0, 0.1) is 0 Å². The number of aliphatic carboxylic acids is 1. The van der Waals surface area contributed by atoms with Gasteiger partial charge in [-0.2, -0.15) is 0 Å². The van der Waals surface area contributed by atoms with Crippen molar-refractivity contribution < 1.29 is 19.4 Å². The van der Waals surface area contributed by atoms with Crippen LogP contribution in [0.5, 0.6) is 5.75 Å². The minimum atomic E-state index is -1.21. The van der Waals surface area contributed by atoms with E-state index in [0.717, 1.165) is 0 Å². The monoisotopic (exact) mass is 262 g/mol. The molecule has 4 nitrogen and oxygen atoms in total. The summed E-state index contributed by atoms with van der Waals surface area (Å²) < 4.78 is 4.90. The first-order valence-electron chi connectivity index (χ1n) is 4.23. The average Bonchev–Trinajstić information content (AvgIpc) is 2.19. The van der Waals surface area contributed by atoms with Crippen LogP contribution in [-0.2, 0) is 4.79 Å². The molecule has 0 fully saturated rings. The summed E-state index contributed by atoms with van der Waals surface area (Å²) >= 11 is 11.6. The summed E-state index contributed by atoms with van der Waals surface area (Å²) in [5.41, 5.74) is 0.0786. The van der Waals surface area contributed by atoms with E-state index in [0.29, 0.717) is 5.75 Å². The largest absolute Gasteiger partial charge is 0.495 e. The lowest BCUT2D eigenvalue weighted by Gasteiger charge is -2.07. The molecule has 0 aliphatic rings. The number of ketones is 1. The van der Waals surface area contributed by atoms with Gasteiger partial charge in [-0.25, -0.2) is 0 Å². The number of benzene rings is 1. The van der Waals surface area contributed by atoms with Crippen molar-refractivity contribution >= 4 is 35.0 Å². The van der Waals surface area contributed by atoms with Gasteiger partial charge in [-0.05, 0) is 6.07 Å². The number of carboxylic acids is 1. The lowest BCUT2D eigenvalue weighted by Crippen LogP contribution is -2.07. The van der Waals surface area contributed by atoms with Gasteiger partial charge in [-0.15, -0.1) is 0 Å². The lowest BCUT2D eigenvalue weighted by atomic mass is 10.1. The summed E-state index contributed by atoms with van der Waals surface area (Å²) in [4.78, 5) is 21.8. The van der Waals surface area contributed by atoms with E-state index in [9.17, 15) is 9.59 Å². The Morgan fingerprint density at radius 3 is 2.44 bits per heavy atom. The number of methoxy groups -OCH3 is 1. The molecule has 0 radical (unpaired) electrons. The minimum Gasteiger partial charge on any atom is -0.495 e. The van der Waals surface area contributed by atoms with Crippen LogP contribution in [0.2, 0.25) is 10.0 Å². The van der Waals surface area contributed by atoms with Gasteiger partial charge in [-0.3, -0.25) is 9.59 Å². The van der Waals surface area contributed by atoms with Crippen LogP contribution in [0.4, 0.5) is 0 Å². The van der Waals surface area contributed by atoms with Gasteiger partial charge in [0, 0.05) is 11.6 Å². The Morgan fingerprint density at radius 2 is 1.94 bits per heavy atom. The van der Waals surface area contributed by atoms with Gasteiger partial charge in [0.05, 0.1) is 17.2 Å². The topological polar surface area (TPSA) is 63.6 Å². The van der Waals surface area contributed by atoms with Crippen molar-refractivity contribution in [2.45, 2.75) is 6.42 Å². The maximum Gasteiger partial charge on any atom is 0.311 e. The van der Waals surface area contributed by atoms with Crippen molar-refractivity contribution in [1.82, 2.24) is 0 Å². The summed E-state index contributed by atoms with van der Waals surface area (Å²) in [5.74, 6) is -1.48. The lowest BCUT2D eigenvalue weighted by molar-refractivity contribution is -0.135. The maximum atomic E-state index is 11.5. The minimum absolute atomic E-state index is 0.0786. The average molecular weight is 263 g/mol. The first kappa shape index (κ1) is 12.8. The Balaban J connectivity index is 3.10. The van der Waals surface area contributed by atoms with Crippen molar-refractivity contribution in [2.24, 2.45) is 0 Å². The molecule has 0 saturated carbocycles. The Kier molecular flexibility index (Phi) is 4.15. The van der Waals surface area contributed by atoms with Crippen LogP contribution in [0.25, 0.3) is 0 Å². The van der Waals surface area contributed by atoms with Crippen molar-refractivity contribution in [1.29, 1.82) is 0 Å². The molecule has 0 saturated heterocycles. The quantitative estimate of drug-likeness (QED) is 0.670. The van der Waals surface area contributed by atoms with Gasteiger partial charge >= 0.3 is 5.97 Å². The van der Waals surface area contributed by atoms with Gasteiger partial charge in [-0.1, -0.05) is 23.2 Å². The van der Waals surface area contributed by atoms with Crippen LogP contribution < -0.4 is 4.74 Å². The molecule has 0 aliphatic heterocycles. The number of rotatable bonds is 4. The normalized spacial score (nSPS) is 9.94. The summed E-state index contributed by atoms with van der Waals surface area (Å²) in [5, 5.41) is 8.81. The molecule has 1 aromatic rings. The Labute approximate surface area is 102 Å². The van der Waals surface area contributed by atoms with E-state index in [-0.39, 0.29) is 15.6 Å². The predicted octanol–water partition coefficient (Wildman–Crippen LogP) is 2.66. The Bertz CT molecular complexity index is 443. The molecule has 1 aromatic carbocycles. The molecule has 0 amide bonds. The number of hydrogen-bond acceptors (Lipinski definition) is 3. The number of hydrogen-bond donors (Lipinski definition) is 1. The van der Waals surface area contributed by atoms with Crippen LogP contribution in [-0.4, -0.2) is 24.0 Å². The van der Waals surface area contributed by atoms with Gasteiger partial charge in [0.1, 0.15) is 12.2 Å². The smallest absolute Gasteiger partial charge is 0.311 e. The summed E-state index contributed by atoms with van der Waals surface area (Å²) in [6.07, 6.45) is -0.623. The second-order valence-electron chi connectivity index (χ2n) is 2.96. The molecule has 0 unspecified atom stereocenters. The Hall–Kier alpha value is -1.26. The fourth-order valence-corrected chi connectivity index (χ4v) is 1.63. The number of Topliss-reactive ketones (excluding diaryl/α,β-unsaturated/α-hetero) is 1. The molecular formula is C10H8Cl2O4. The third-order valence-electron chi connectivity index (χ3n) is 1.85. The van der Waals surface area contributed by atoms with Gasteiger partial charge in [0.15, 0.2) is 5.78 Å². The molecule has 1 N–H and O–H groups in total. The highest BCUT2D eigenvalue weighted by atomic mass is 35.5.